The maximum Gasteiger partial charge on any atom is 0.338 e. The molecule has 1 atom stereocenters. The van der Waals surface area contributed by atoms with Crippen molar-refractivity contribution in [2.75, 3.05) is 18.9 Å². The van der Waals surface area contributed by atoms with Crippen LogP contribution in [0.2, 0.25) is 0 Å². The lowest BCUT2D eigenvalue weighted by atomic mass is 10.1. The minimum Gasteiger partial charge on any atom is -0.459 e. The number of hydrogen-bond donors (Lipinski definition) is 3. The molecule has 5 heteroatoms. The molecule has 0 fully saturated rings. The van der Waals surface area contributed by atoms with Crippen LogP contribution < -0.4 is 5.73 Å². The fraction of sp³-hybridized carbons (Fsp3) is 0.364. The third kappa shape index (κ3) is 3.22. The van der Waals surface area contributed by atoms with Crippen molar-refractivity contribution < 1.29 is 19.7 Å². The Balaban J connectivity index is 2.63. The van der Waals surface area contributed by atoms with E-state index in [9.17, 15) is 4.79 Å². The number of anilines is 1. The first-order valence-corrected chi connectivity index (χ1v) is 4.86. The van der Waals surface area contributed by atoms with E-state index >= 15 is 0 Å². The Labute approximate surface area is 93.5 Å². The van der Waals surface area contributed by atoms with Crippen molar-refractivity contribution in [1.29, 1.82) is 0 Å². The highest BCUT2D eigenvalue weighted by atomic mass is 16.5. The van der Waals surface area contributed by atoms with Crippen LogP contribution in [-0.2, 0) is 4.74 Å². The van der Waals surface area contributed by atoms with Crippen molar-refractivity contribution in [2.45, 2.75) is 13.0 Å². The Bertz CT molecular complexity index is 378. The van der Waals surface area contributed by atoms with Gasteiger partial charge in [-0.1, -0.05) is 6.07 Å². The van der Waals surface area contributed by atoms with Crippen LogP contribution >= 0.6 is 0 Å². The zero-order valence-corrected chi connectivity index (χ0v) is 9.01. The molecule has 5 nitrogen and oxygen atoms in total. The molecule has 0 aliphatic rings. The van der Waals surface area contributed by atoms with Gasteiger partial charge in [0, 0.05) is 5.69 Å². The number of aliphatic hydroxyl groups is 2. The van der Waals surface area contributed by atoms with Crippen LogP contribution in [0.1, 0.15) is 15.9 Å². The number of nitrogens with two attached hydrogens (primary N) is 1. The van der Waals surface area contributed by atoms with Crippen LogP contribution in [0.4, 0.5) is 5.69 Å². The van der Waals surface area contributed by atoms with Gasteiger partial charge in [0.15, 0.2) is 0 Å². The fourth-order valence-corrected chi connectivity index (χ4v) is 1.08. The lowest BCUT2D eigenvalue weighted by molar-refractivity contribution is 0.00933. The van der Waals surface area contributed by atoms with Gasteiger partial charge in [0.2, 0.25) is 0 Å². The highest BCUT2D eigenvalue weighted by Crippen LogP contribution is 2.13. The Morgan fingerprint density at radius 3 is 2.81 bits per heavy atom. The number of aliphatic hydroxyl groups excluding tert-OH is 2. The summed E-state index contributed by atoms with van der Waals surface area (Å²) in [6, 6.07) is 4.83. The number of carbonyl (C=O) groups excluding carboxylic acids is 1. The van der Waals surface area contributed by atoms with Gasteiger partial charge in [0.25, 0.3) is 0 Å². The zero-order chi connectivity index (χ0) is 12.1. The molecule has 0 bridgehead atoms. The molecular formula is C11H15NO4. The van der Waals surface area contributed by atoms with E-state index in [-0.39, 0.29) is 6.61 Å². The summed E-state index contributed by atoms with van der Waals surface area (Å²) in [6.07, 6.45) is -1.05. The Morgan fingerprint density at radius 2 is 2.25 bits per heavy atom. The number of rotatable bonds is 4. The summed E-state index contributed by atoms with van der Waals surface area (Å²) in [5, 5.41) is 17.5. The van der Waals surface area contributed by atoms with Gasteiger partial charge in [0.1, 0.15) is 12.7 Å². The zero-order valence-electron chi connectivity index (χ0n) is 9.01. The molecule has 0 spiro atoms. The Kier molecular flexibility index (Phi) is 4.28. The first-order chi connectivity index (χ1) is 7.54. The highest BCUT2D eigenvalue weighted by Gasteiger charge is 2.10. The standard InChI is InChI=1S/C11H15NO4/c1-7-2-3-8(4-10(7)12)11(15)16-6-9(14)5-13/h2-4,9,13-14H,5-6,12H2,1H3. The van der Waals surface area contributed by atoms with Crippen LogP contribution in [0.3, 0.4) is 0 Å². The van der Waals surface area contributed by atoms with Crippen molar-refractivity contribution in [3.05, 3.63) is 29.3 Å². The summed E-state index contributed by atoms with van der Waals surface area (Å²) in [7, 11) is 0. The smallest absolute Gasteiger partial charge is 0.338 e. The van der Waals surface area contributed by atoms with E-state index in [1.165, 1.54) is 6.07 Å². The molecule has 1 unspecified atom stereocenters. The molecule has 1 rings (SSSR count). The molecule has 0 saturated carbocycles. The topological polar surface area (TPSA) is 92.8 Å². The summed E-state index contributed by atoms with van der Waals surface area (Å²) in [6.45, 7) is 1.16. The molecule has 0 heterocycles. The van der Waals surface area contributed by atoms with Gasteiger partial charge in [-0.2, -0.15) is 0 Å². The van der Waals surface area contributed by atoms with E-state index < -0.39 is 18.7 Å². The SMILES string of the molecule is Cc1ccc(C(=O)OCC(O)CO)cc1N. The maximum absolute atomic E-state index is 11.5. The van der Waals surface area contributed by atoms with Crippen molar-refractivity contribution in [2.24, 2.45) is 0 Å². The third-order valence-corrected chi connectivity index (χ3v) is 2.13. The van der Waals surface area contributed by atoms with Crippen molar-refractivity contribution in [3.8, 4) is 0 Å². The van der Waals surface area contributed by atoms with Gasteiger partial charge in [-0.3, -0.25) is 0 Å². The number of benzene rings is 1. The normalized spacial score (nSPS) is 12.2. The van der Waals surface area contributed by atoms with Crippen molar-refractivity contribution >= 4 is 11.7 Å². The van der Waals surface area contributed by atoms with Gasteiger partial charge < -0.3 is 20.7 Å². The second kappa shape index (κ2) is 5.48. The van der Waals surface area contributed by atoms with Crippen LogP contribution in [0.25, 0.3) is 0 Å². The van der Waals surface area contributed by atoms with Crippen LogP contribution in [0.15, 0.2) is 18.2 Å². The van der Waals surface area contributed by atoms with Crippen molar-refractivity contribution in [1.82, 2.24) is 0 Å². The summed E-state index contributed by atoms with van der Waals surface area (Å²) in [5.74, 6) is -0.570. The quantitative estimate of drug-likeness (QED) is 0.498. The van der Waals surface area contributed by atoms with Gasteiger partial charge in [0.05, 0.1) is 12.2 Å². The largest absolute Gasteiger partial charge is 0.459 e. The summed E-state index contributed by atoms with van der Waals surface area (Å²) < 4.78 is 4.77. The lowest BCUT2D eigenvalue weighted by Gasteiger charge is -2.09. The number of hydrogen-bond acceptors (Lipinski definition) is 5. The maximum atomic E-state index is 11.5. The van der Waals surface area contributed by atoms with Gasteiger partial charge in [-0.05, 0) is 24.6 Å². The molecule has 16 heavy (non-hydrogen) atoms. The first-order valence-electron chi connectivity index (χ1n) is 4.86. The van der Waals surface area contributed by atoms with E-state index in [1.807, 2.05) is 6.92 Å². The monoisotopic (exact) mass is 225 g/mol. The predicted molar refractivity (Wildman–Crippen MR) is 59.0 cm³/mol. The van der Waals surface area contributed by atoms with Crippen molar-refractivity contribution in [3.63, 3.8) is 0 Å². The summed E-state index contributed by atoms with van der Waals surface area (Å²) in [4.78, 5) is 11.5. The van der Waals surface area contributed by atoms with Gasteiger partial charge in [-0.25, -0.2) is 4.79 Å². The number of aryl methyl sites for hydroxylation is 1. The fourth-order valence-electron chi connectivity index (χ4n) is 1.08. The second-order valence-electron chi connectivity index (χ2n) is 3.51. The molecule has 0 aliphatic carbocycles. The molecule has 0 aromatic heterocycles. The van der Waals surface area contributed by atoms with E-state index in [1.54, 1.807) is 12.1 Å². The predicted octanol–water partition coefficient (Wildman–Crippen LogP) is 0.0872. The molecule has 4 N–H and O–H groups in total. The summed E-state index contributed by atoms with van der Waals surface area (Å²) in [5.41, 5.74) is 7.36. The van der Waals surface area contributed by atoms with Crippen LogP contribution in [0, 0.1) is 6.92 Å². The molecule has 0 saturated heterocycles. The molecule has 1 aromatic rings. The number of nitrogen functional groups attached to an aromatic ring is 1. The van der Waals surface area contributed by atoms with E-state index in [0.717, 1.165) is 5.56 Å². The highest BCUT2D eigenvalue weighted by molar-refractivity contribution is 5.90. The molecule has 88 valence electrons. The van der Waals surface area contributed by atoms with Gasteiger partial charge >= 0.3 is 5.97 Å². The van der Waals surface area contributed by atoms with Crippen LogP contribution in [0.5, 0.6) is 0 Å². The average Bonchev–Trinajstić information content (AvgIpc) is 2.29. The minimum atomic E-state index is -1.05. The van der Waals surface area contributed by atoms with Gasteiger partial charge in [-0.15, -0.1) is 0 Å². The molecule has 0 aliphatic heterocycles. The number of carbonyl (C=O) groups is 1. The second-order valence-corrected chi connectivity index (χ2v) is 3.51. The Morgan fingerprint density at radius 1 is 1.56 bits per heavy atom. The van der Waals surface area contributed by atoms with E-state index in [4.69, 9.17) is 20.7 Å². The van der Waals surface area contributed by atoms with E-state index in [0.29, 0.717) is 11.3 Å². The molecule has 0 amide bonds. The molecule has 0 radical (unpaired) electrons. The minimum absolute atomic E-state index is 0.233. The van der Waals surface area contributed by atoms with E-state index in [2.05, 4.69) is 0 Å². The third-order valence-electron chi connectivity index (χ3n) is 2.13. The number of ether oxygens (including phenoxy) is 1. The lowest BCUT2D eigenvalue weighted by Crippen LogP contribution is -2.22. The Hall–Kier alpha value is -1.59. The average molecular weight is 225 g/mol. The summed E-state index contributed by atoms with van der Waals surface area (Å²) >= 11 is 0. The molecular weight excluding hydrogens is 210 g/mol. The first kappa shape index (κ1) is 12.5. The van der Waals surface area contributed by atoms with Crippen LogP contribution in [-0.4, -0.2) is 35.5 Å². The molecule has 1 aromatic carbocycles. The number of esters is 1.